The lowest BCUT2D eigenvalue weighted by Crippen LogP contribution is -2.17. The van der Waals surface area contributed by atoms with Gasteiger partial charge < -0.3 is 14.4 Å². The van der Waals surface area contributed by atoms with Gasteiger partial charge in [0.1, 0.15) is 12.0 Å². The molecule has 0 spiro atoms. The average molecular weight is 298 g/mol. The number of amides is 1. The number of carbonyl (C=O) groups is 1. The van der Waals surface area contributed by atoms with Crippen LogP contribution in [-0.4, -0.2) is 15.6 Å². The van der Waals surface area contributed by atoms with Gasteiger partial charge in [0.05, 0.1) is 0 Å². The standard InChI is InChI=1S/C11H12BrN3O2/c1-7(2)15-6-8(12)5-9(15)11(16)13-10-3-4-17-14-10/h3-7H,1-2H3,(H,13,14,16). The molecule has 0 aliphatic carbocycles. The minimum atomic E-state index is -0.210. The van der Waals surface area contributed by atoms with E-state index in [2.05, 4.69) is 30.9 Å². The minimum Gasteiger partial charge on any atom is -0.363 e. The molecule has 0 saturated heterocycles. The van der Waals surface area contributed by atoms with Crippen LogP contribution in [0.2, 0.25) is 0 Å². The molecule has 2 aromatic heterocycles. The van der Waals surface area contributed by atoms with E-state index in [1.807, 2.05) is 24.6 Å². The fraction of sp³-hybridized carbons (Fsp3) is 0.273. The van der Waals surface area contributed by atoms with Crippen molar-refractivity contribution in [1.29, 1.82) is 0 Å². The first-order valence-corrected chi connectivity index (χ1v) is 5.96. The second-order valence-corrected chi connectivity index (χ2v) is 4.80. The number of rotatable bonds is 3. The molecular formula is C11H12BrN3O2. The first-order valence-electron chi connectivity index (χ1n) is 5.17. The number of aromatic nitrogens is 2. The summed E-state index contributed by atoms with van der Waals surface area (Å²) in [5, 5.41) is 6.30. The van der Waals surface area contributed by atoms with Crippen LogP contribution in [0.15, 0.2) is 33.6 Å². The van der Waals surface area contributed by atoms with Crippen LogP contribution in [-0.2, 0) is 0 Å². The lowest BCUT2D eigenvalue weighted by Gasteiger charge is -2.11. The molecule has 5 nitrogen and oxygen atoms in total. The van der Waals surface area contributed by atoms with Crippen LogP contribution in [0.1, 0.15) is 30.4 Å². The van der Waals surface area contributed by atoms with Gasteiger partial charge in [0, 0.05) is 22.8 Å². The quantitative estimate of drug-likeness (QED) is 0.947. The number of carbonyl (C=O) groups excluding carboxylic acids is 1. The van der Waals surface area contributed by atoms with E-state index in [9.17, 15) is 4.79 Å². The molecule has 2 rings (SSSR count). The smallest absolute Gasteiger partial charge is 0.273 e. The molecule has 2 heterocycles. The fourth-order valence-electron chi connectivity index (χ4n) is 1.51. The third-order valence-electron chi connectivity index (χ3n) is 2.28. The van der Waals surface area contributed by atoms with Crippen molar-refractivity contribution in [2.24, 2.45) is 0 Å². The lowest BCUT2D eigenvalue weighted by molar-refractivity contribution is 0.101. The molecule has 17 heavy (non-hydrogen) atoms. The molecule has 6 heteroatoms. The SMILES string of the molecule is CC(C)n1cc(Br)cc1C(=O)Nc1ccon1. The van der Waals surface area contributed by atoms with Crippen molar-refractivity contribution in [3.8, 4) is 0 Å². The highest BCUT2D eigenvalue weighted by atomic mass is 79.9. The zero-order chi connectivity index (χ0) is 12.4. The van der Waals surface area contributed by atoms with Crippen molar-refractivity contribution in [1.82, 2.24) is 9.72 Å². The molecule has 0 aliphatic heterocycles. The Labute approximate surface area is 107 Å². The van der Waals surface area contributed by atoms with Crippen molar-refractivity contribution in [2.45, 2.75) is 19.9 Å². The van der Waals surface area contributed by atoms with E-state index in [0.29, 0.717) is 11.5 Å². The number of nitrogens with zero attached hydrogens (tertiary/aromatic N) is 2. The highest BCUT2D eigenvalue weighted by Crippen LogP contribution is 2.20. The summed E-state index contributed by atoms with van der Waals surface area (Å²) in [7, 11) is 0. The molecule has 0 radical (unpaired) electrons. The van der Waals surface area contributed by atoms with Gasteiger partial charge in [0.15, 0.2) is 5.82 Å². The van der Waals surface area contributed by atoms with Gasteiger partial charge in [-0.05, 0) is 35.8 Å². The van der Waals surface area contributed by atoms with E-state index in [1.54, 1.807) is 12.1 Å². The van der Waals surface area contributed by atoms with Gasteiger partial charge in [-0.1, -0.05) is 5.16 Å². The van der Waals surface area contributed by atoms with Gasteiger partial charge in [0.2, 0.25) is 0 Å². The number of halogens is 1. The summed E-state index contributed by atoms with van der Waals surface area (Å²) in [5.41, 5.74) is 0.579. The van der Waals surface area contributed by atoms with Crippen LogP contribution >= 0.6 is 15.9 Å². The van der Waals surface area contributed by atoms with Gasteiger partial charge in [0.25, 0.3) is 5.91 Å². The summed E-state index contributed by atoms with van der Waals surface area (Å²) in [6, 6.07) is 3.57. The monoisotopic (exact) mass is 297 g/mol. The number of hydrogen-bond donors (Lipinski definition) is 1. The van der Waals surface area contributed by atoms with E-state index in [1.165, 1.54) is 6.26 Å². The van der Waals surface area contributed by atoms with Crippen LogP contribution in [0, 0.1) is 0 Å². The van der Waals surface area contributed by atoms with Crippen LogP contribution < -0.4 is 5.32 Å². The minimum absolute atomic E-state index is 0.208. The maximum absolute atomic E-state index is 12.0. The van der Waals surface area contributed by atoms with Gasteiger partial charge in [-0.2, -0.15) is 0 Å². The van der Waals surface area contributed by atoms with E-state index >= 15 is 0 Å². The van der Waals surface area contributed by atoms with E-state index in [-0.39, 0.29) is 11.9 Å². The number of anilines is 1. The predicted molar refractivity (Wildman–Crippen MR) is 67.0 cm³/mol. The Kier molecular flexibility index (Phi) is 3.33. The second kappa shape index (κ2) is 4.75. The third kappa shape index (κ3) is 2.58. The van der Waals surface area contributed by atoms with Crippen LogP contribution in [0.3, 0.4) is 0 Å². The normalized spacial score (nSPS) is 10.8. The maximum Gasteiger partial charge on any atom is 0.273 e. The van der Waals surface area contributed by atoms with Gasteiger partial charge in [-0.3, -0.25) is 4.79 Å². The first-order chi connectivity index (χ1) is 8.08. The Balaban J connectivity index is 2.24. The molecular weight excluding hydrogens is 286 g/mol. The van der Waals surface area contributed by atoms with Crippen molar-refractivity contribution in [2.75, 3.05) is 5.32 Å². The molecule has 0 bridgehead atoms. The van der Waals surface area contributed by atoms with Crippen LogP contribution in [0.5, 0.6) is 0 Å². The molecule has 0 fully saturated rings. The van der Waals surface area contributed by atoms with Crippen molar-refractivity contribution in [3.05, 3.63) is 34.8 Å². The van der Waals surface area contributed by atoms with E-state index in [0.717, 1.165) is 4.47 Å². The summed E-state index contributed by atoms with van der Waals surface area (Å²) in [4.78, 5) is 12.0. The molecule has 1 N–H and O–H groups in total. The molecule has 0 aromatic carbocycles. The Hall–Kier alpha value is -1.56. The zero-order valence-electron chi connectivity index (χ0n) is 9.48. The van der Waals surface area contributed by atoms with Crippen molar-refractivity contribution in [3.63, 3.8) is 0 Å². The van der Waals surface area contributed by atoms with Gasteiger partial charge in [-0.25, -0.2) is 0 Å². The highest BCUT2D eigenvalue weighted by molar-refractivity contribution is 9.10. The molecule has 0 unspecified atom stereocenters. The highest BCUT2D eigenvalue weighted by Gasteiger charge is 2.15. The first kappa shape index (κ1) is 11.9. The second-order valence-electron chi connectivity index (χ2n) is 3.88. The molecule has 0 saturated carbocycles. The van der Waals surface area contributed by atoms with E-state index in [4.69, 9.17) is 0 Å². The Morgan fingerprint density at radius 3 is 2.94 bits per heavy atom. The summed E-state index contributed by atoms with van der Waals surface area (Å²) >= 11 is 3.36. The molecule has 0 atom stereocenters. The number of nitrogens with one attached hydrogen (secondary N) is 1. The Bertz CT molecular complexity index is 517. The molecule has 90 valence electrons. The summed E-state index contributed by atoms with van der Waals surface area (Å²) in [6.07, 6.45) is 3.29. The Morgan fingerprint density at radius 2 is 2.35 bits per heavy atom. The summed E-state index contributed by atoms with van der Waals surface area (Å²) in [6.45, 7) is 4.03. The Morgan fingerprint density at radius 1 is 1.59 bits per heavy atom. The third-order valence-corrected chi connectivity index (χ3v) is 2.72. The molecule has 2 aromatic rings. The largest absolute Gasteiger partial charge is 0.363 e. The molecule has 0 aliphatic rings. The average Bonchev–Trinajstić information content (AvgIpc) is 2.86. The summed E-state index contributed by atoms with van der Waals surface area (Å²) < 4.78 is 7.41. The number of hydrogen-bond acceptors (Lipinski definition) is 3. The van der Waals surface area contributed by atoms with Crippen molar-refractivity contribution < 1.29 is 9.32 Å². The van der Waals surface area contributed by atoms with Gasteiger partial charge in [-0.15, -0.1) is 0 Å². The molecule has 1 amide bonds. The topological polar surface area (TPSA) is 60.1 Å². The van der Waals surface area contributed by atoms with E-state index < -0.39 is 0 Å². The lowest BCUT2D eigenvalue weighted by atomic mass is 10.3. The fourth-order valence-corrected chi connectivity index (χ4v) is 1.95. The van der Waals surface area contributed by atoms with Crippen LogP contribution in [0.4, 0.5) is 5.82 Å². The van der Waals surface area contributed by atoms with Crippen LogP contribution in [0.25, 0.3) is 0 Å². The zero-order valence-corrected chi connectivity index (χ0v) is 11.1. The maximum atomic E-state index is 12.0. The van der Waals surface area contributed by atoms with Crippen molar-refractivity contribution >= 4 is 27.7 Å². The summed E-state index contributed by atoms with van der Waals surface area (Å²) in [5.74, 6) is 0.195. The van der Waals surface area contributed by atoms with Gasteiger partial charge >= 0.3 is 0 Å². The predicted octanol–water partition coefficient (Wildman–Crippen LogP) is 3.07.